The average molecular weight is 432 g/mol. The third-order valence-corrected chi connectivity index (χ3v) is 4.21. The van der Waals surface area contributed by atoms with Crippen molar-refractivity contribution < 1.29 is 25.1 Å². The molecular weight excluding hydrogens is 408 g/mol. The van der Waals surface area contributed by atoms with E-state index in [2.05, 4.69) is 10.3 Å². The highest BCUT2D eigenvalue weighted by atomic mass is 16.8. The van der Waals surface area contributed by atoms with Gasteiger partial charge in [-0.3, -0.25) is 25.0 Å². The highest BCUT2D eigenvalue weighted by molar-refractivity contribution is 5.96. The van der Waals surface area contributed by atoms with Gasteiger partial charge in [0.2, 0.25) is 5.96 Å². The van der Waals surface area contributed by atoms with E-state index < -0.39 is 23.5 Å². The maximum atomic E-state index is 12.7. The Labute approximate surface area is 177 Å². The number of hydrogen-bond acceptors (Lipinski definition) is 7. The molecule has 2 rings (SSSR count). The predicted octanol–water partition coefficient (Wildman–Crippen LogP) is -0.240. The predicted molar refractivity (Wildman–Crippen MR) is 109 cm³/mol. The van der Waals surface area contributed by atoms with Crippen LogP contribution in [-0.4, -0.2) is 55.8 Å². The zero-order chi connectivity index (χ0) is 22.8. The maximum absolute atomic E-state index is 12.7. The van der Waals surface area contributed by atoms with Crippen LogP contribution >= 0.6 is 0 Å². The molecule has 166 valence electrons. The van der Waals surface area contributed by atoms with Gasteiger partial charge in [0.15, 0.2) is 0 Å². The van der Waals surface area contributed by atoms with E-state index in [0.717, 1.165) is 5.56 Å². The zero-order valence-corrected chi connectivity index (χ0v) is 16.5. The van der Waals surface area contributed by atoms with Crippen molar-refractivity contribution in [2.24, 2.45) is 10.7 Å². The lowest BCUT2D eigenvalue weighted by atomic mass is 10.1. The number of pyridine rings is 1. The van der Waals surface area contributed by atoms with Crippen LogP contribution in [-0.2, 0) is 11.3 Å². The van der Waals surface area contributed by atoms with E-state index in [0.29, 0.717) is 0 Å². The van der Waals surface area contributed by atoms with E-state index in [4.69, 9.17) is 16.1 Å². The van der Waals surface area contributed by atoms with Crippen LogP contribution in [0.5, 0.6) is 0 Å². The van der Waals surface area contributed by atoms with Crippen LogP contribution in [0.15, 0.2) is 58.4 Å². The Balaban J connectivity index is 2.01. The van der Waals surface area contributed by atoms with Crippen LogP contribution in [0.3, 0.4) is 0 Å². The normalized spacial score (nSPS) is 12.4. The van der Waals surface area contributed by atoms with Gasteiger partial charge >= 0.3 is 5.97 Å². The third-order valence-electron chi connectivity index (χ3n) is 4.21. The summed E-state index contributed by atoms with van der Waals surface area (Å²) in [6, 6.07) is 10.9. The number of guanidine groups is 1. The van der Waals surface area contributed by atoms with Crippen molar-refractivity contribution >= 4 is 17.8 Å². The minimum atomic E-state index is -1.26. The van der Waals surface area contributed by atoms with Crippen molar-refractivity contribution in [2.75, 3.05) is 6.54 Å². The molecule has 1 heterocycles. The minimum absolute atomic E-state index is 0.0187. The molecule has 0 aliphatic rings. The number of benzene rings is 1. The van der Waals surface area contributed by atoms with E-state index >= 15 is 0 Å². The molecule has 0 aliphatic carbocycles. The van der Waals surface area contributed by atoms with Crippen molar-refractivity contribution in [3.05, 3.63) is 70.1 Å². The highest BCUT2D eigenvalue weighted by Crippen LogP contribution is 2.03. The molecule has 2 aromatic rings. The topological polar surface area (TPSA) is 183 Å². The Morgan fingerprint density at radius 1 is 1.16 bits per heavy atom. The van der Waals surface area contributed by atoms with Crippen molar-refractivity contribution in [3.63, 3.8) is 0 Å². The van der Waals surface area contributed by atoms with E-state index in [-0.39, 0.29) is 42.8 Å². The minimum Gasteiger partial charge on any atom is -0.480 e. The average Bonchev–Trinajstić information content (AvgIpc) is 2.71. The first kappa shape index (κ1) is 23.5. The number of aliphatic carboxylic acids is 1. The molecule has 1 amide bonds. The third kappa shape index (κ3) is 7.54. The first-order valence-electron chi connectivity index (χ1n) is 9.29. The van der Waals surface area contributed by atoms with E-state index in [9.17, 15) is 19.5 Å². The second-order valence-electron chi connectivity index (χ2n) is 6.52. The molecule has 0 aliphatic heterocycles. The van der Waals surface area contributed by atoms with Gasteiger partial charge in [0.05, 0.1) is 6.54 Å². The Bertz CT molecular complexity index is 975. The fourth-order valence-electron chi connectivity index (χ4n) is 2.74. The van der Waals surface area contributed by atoms with Crippen molar-refractivity contribution in [1.29, 1.82) is 0 Å². The molecule has 0 bridgehead atoms. The van der Waals surface area contributed by atoms with Gasteiger partial charge in [0.25, 0.3) is 11.5 Å². The van der Waals surface area contributed by atoms with Crippen molar-refractivity contribution in [1.82, 2.24) is 20.6 Å². The number of rotatable bonds is 10. The Morgan fingerprint density at radius 2 is 1.87 bits per heavy atom. The lowest BCUT2D eigenvalue weighted by molar-refractivity contribution is -0.329. The van der Waals surface area contributed by atoms with Gasteiger partial charge in [-0.25, -0.2) is 10.2 Å². The van der Waals surface area contributed by atoms with Gasteiger partial charge in [0.1, 0.15) is 11.6 Å². The summed E-state index contributed by atoms with van der Waals surface area (Å²) in [5.74, 6) is -2.34. The quantitative estimate of drug-likeness (QED) is 0.128. The molecule has 12 heteroatoms. The zero-order valence-electron chi connectivity index (χ0n) is 16.5. The van der Waals surface area contributed by atoms with Gasteiger partial charge in [-0.15, -0.1) is 0 Å². The monoisotopic (exact) mass is 432 g/mol. The second-order valence-corrected chi connectivity index (χ2v) is 6.52. The number of hydrazine groups is 1. The lowest BCUT2D eigenvalue weighted by Crippen LogP contribution is -2.43. The second kappa shape index (κ2) is 11.4. The van der Waals surface area contributed by atoms with Gasteiger partial charge < -0.3 is 20.7 Å². The number of nitrogens with zero attached hydrogens (tertiary/aromatic N) is 3. The number of carboxylic acid groups (broad SMARTS) is 1. The number of amides is 1. The summed E-state index contributed by atoms with van der Waals surface area (Å²) >= 11 is 0. The molecule has 12 nitrogen and oxygen atoms in total. The van der Waals surface area contributed by atoms with Crippen LogP contribution in [0, 0.1) is 0 Å². The summed E-state index contributed by atoms with van der Waals surface area (Å²) in [7, 11) is 0. The summed E-state index contributed by atoms with van der Waals surface area (Å²) < 4.78 is 1.37. The van der Waals surface area contributed by atoms with Crippen LogP contribution in [0.2, 0.25) is 0 Å². The van der Waals surface area contributed by atoms with E-state index in [1.54, 1.807) is 12.3 Å². The van der Waals surface area contributed by atoms with Crippen molar-refractivity contribution in [2.45, 2.75) is 25.4 Å². The number of carbonyl (C=O) groups is 2. The van der Waals surface area contributed by atoms with E-state index in [1.807, 2.05) is 35.8 Å². The summed E-state index contributed by atoms with van der Waals surface area (Å²) in [4.78, 5) is 40.5. The van der Waals surface area contributed by atoms with E-state index in [1.165, 1.54) is 10.6 Å². The molecule has 0 saturated heterocycles. The number of nitrogens with two attached hydrogens (primary N) is 1. The molecule has 1 aromatic carbocycles. The molecular formula is C19H24N6O6. The first-order chi connectivity index (χ1) is 14.8. The summed E-state index contributed by atoms with van der Waals surface area (Å²) in [6.07, 6.45) is 1.80. The van der Waals surface area contributed by atoms with Crippen LogP contribution < -0.4 is 22.0 Å². The van der Waals surface area contributed by atoms with Crippen molar-refractivity contribution in [3.8, 4) is 0 Å². The molecule has 0 unspecified atom stereocenters. The number of nitrogens with one attached hydrogen (secondary N) is 2. The summed E-state index contributed by atoms with van der Waals surface area (Å²) in [5.41, 5.74) is 7.42. The number of aliphatic imine (C=N–C) groups is 1. The van der Waals surface area contributed by atoms with Gasteiger partial charge in [-0.2, -0.15) is 0 Å². The molecule has 0 saturated carbocycles. The molecule has 7 N–H and O–H groups in total. The fraction of sp³-hybridized carbons (Fsp3) is 0.263. The van der Waals surface area contributed by atoms with Gasteiger partial charge in [-0.05, 0) is 30.5 Å². The number of aromatic nitrogens is 1. The summed E-state index contributed by atoms with van der Waals surface area (Å²) in [5, 5.41) is 28.4. The van der Waals surface area contributed by atoms with Crippen LogP contribution in [0.25, 0.3) is 0 Å². The Kier molecular flexibility index (Phi) is 8.69. The molecule has 0 radical (unpaired) electrons. The largest absolute Gasteiger partial charge is 0.480 e. The number of carbonyl (C=O) groups excluding carboxylic acids is 1. The number of hydrogen-bond donors (Lipinski definition) is 6. The maximum Gasteiger partial charge on any atom is 0.326 e. The van der Waals surface area contributed by atoms with Gasteiger partial charge in [-0.1, -0.05) is 30.3 Å². The first-order valence-corrected chi connectivity index (χ1v) is 9.29. The molecule has 31 heavy (non-hydrogen) atoms. The Morgan fingerprint density at radius 3 is 2.52 bits per heavy atom. The van der Waals surface area contributed by atoms with Crippen LogP contribution in [0.1, 0.15) is 28.8 Å². The molecule has 1 atom stereocenters. The smallest absolute Gasteiger partial charge is 0.326 e. The molecule has 0 spiro atoms. The molecule has 1 aromatic heterocycles. The standard InChI is InChI=1S/C19H24N6O6/c20-19(23-25(30)31)21-10-4-9-15(18(28)29)22-16(26)14-8-5-11-24(17(14)27)12-13-6-2-1-3-7-13/h1-3,5-8,11,15,30-31H,4,9-10,12H2,(H,22,26)(H,28,29)(H3,20,21,23)/t15-/m0/s1. The SMILES string of the molecule is NC(=NCCC[C@H](NC(=O)c1cccn(Cc2ccccc2)c1=O)C(=O)O)NN(O)O. The Hall–Kier alpha value is -3.74. The van der Waals surface area contributed by atoms with Gasteiger partial charge in [0, 0.05) is 18.1 Å². The number of carboxylic acids is 1. The summed E-state index contributed by atoms with van der Waals surface area (Å²) in [6.45, 7) is 0.345. The molecule has 0 fully saturated rings. The highest BCUT2D eigenvalue weighted by Gasteiger charge is 2.22. The lowest BCUT2D eigenvalue weighted by Gasteiger charge is -2.15. The fourth-order valence-corrected chi connectivity index (χ4v) is 2.74. The van der Waals surface area contributed by atoms with Crippen LogP contribution in [0.4, 0.5) is 0 Å².